The molecule has 0 saturated heterocycles. The largest absolute Gasteiger partial charge is 0.364 e. The first-order valence-corrected chi connectivity index (χ1v) is 7.97. The molecule has 0 atom stereocenters. The minimum atomic E-state index is -0.228. The monoisotopic (exact) mass is 311 g/mol. The maximum atomic E-state index is 13.0. The van der Waals surface area contributed by atoms with Crippen molar-refractivity contribution in [1.82, 2.24) is 19.5 Å². The third-order valence-electron chi connectivity index (χ3n) is 4.45. The van der Waals surface area contributed by atoms with Crippen LogP contribution in [0.1, 0.15) is 37.3 Å². The van der Waals surface area contributed by atoms with Crippen LogP contribution in [-0.2, 0) is 6.54 Å². The molecule has 23 heavy (non-hydrogen) atoms. The topological polar surface area (TPSA) is 55.6 Å². The first-order valence-electron chi connectivity index (χ1n) is 7.97. The number of fused-ring (bicyclic) bond motifs is 1. The molecular weight excluding hydrogens is 293 g/mol. The summed E-state index contributed by atoms with van der Waals surface area (Å²) in [7, 11) is 0. The Kier molecular flexibility index (Phi) is 3.65. The van der Waals surface area contributed by atoms with Gasteiger partial charge in [0.05, 0.1) is 6.33 Å². The van der Waals surface area contributed by atoms with Crippen LogP contribution in [0.4, 0.5) is 10.2 Å². The van der Waals surface area contributed by atoms with Crippen molar-refractivity contribution in [3.63, 3.8) is 0 Å². The Morgan fingerprint density at radius 2 is 1.87 bits per heavy atom. The number of benzene rings is 1. The lowest BCUT2D eigenvalue weighted by Crippen LogP contribution is -2.06. The van der Waals surface area contributed by atoms with Crippen molar-refractivity contribution >= 4 is 17.0 Å². The fourth-order valence-corrected chi connectivity index (χ4v) is 3.22. The molecule has 1 saturated carbocycles. The van der Waals surface area contributed by atoms with Gasteiger partial charge < -0.3 is 9.88 Å². The maximum absolute atomic E-state index is 13.0. The van der Waals surface area contributed by atoms with Gasteiger partial charge in [-0.15, -0.1) is 0 Å². The van der Waals surface area contributed by atoms with Crippen molar-refractivity contribution in [2.45, 2.75) is 38.3 Å². The van der Waals surface area contributed by atoms with Crippen LogP contribution in [0.15, 0.2) is 36.9 Å². The predicted molar refractivity (Wildman–Crippen MR) is 86.6 cm³/mol. The molecular formula is C17H18FN5. The standard InChI is InChI=1S/C17H18FN5/c18-13-7-5-12(6-8-13)9-19-16-15-17(21-10-20-16)23(11-22-15)14-3-1-2-4-14/h5-8,10-11,14H,1-4,9H2,(H,19,20,21). The van der Waals surface area contributed by atoms with Crippen LogP contribution in [-0.4, -0.2) is 19.5 Å². The molecule has 4 rings (SSSR count). The van der Waals surface area contributed by atoms with Gasteiger partial charge in [0.2, 0.25) is 0 Å². The van der Waals surface area contributed by atoms with Crippen LogP contribution in [0.3, 0.4) is 0 Å². The van der Waals surface area contributed by atoms with E-state index < -0.39 is 0 Å². The molecule has 3 aromatic rings. The van der Waals surface area contributed by atoms with Crippen LogP contribution < -0.4 is 5.32 Å². The molecule has 0 bridgehead atoms. The summed E-state index contributed by atoms with van der Waals surface area (Å²) in [6, 6.07) is 6.94. The lowest BCUT2D eigenvalue weighted by molar-refractivity contribution is 0.529. The number of aromatic nitrogens is 4. The Morgan fingerprint density at radius 1 is 1.09 bits per heavy atom. The van der Waals surface area contributed by atoms with E-state index in [4.69, 9.17) is 0 Å². The zero-order valence-corrected chi connectivity index (χ0v) is 12.7. The van der Waals surface area contributed by atoms with Gasteiger partial charge in [0.15, 0.2) is 11.5 Å². The second kappa shape index (κ2) is 5.95. The van der Waals surface area contributed by atoms with Gasteiger partial charge in [-0.25, -0.2) is 19.3 Å². The molecule has 0 radical (unpaired) electrons. The van der Waals surface area contributed by atoms with E-state index in [2.05, 4.69) is 24.8 Å². The molecule has 0 spiro atoms. The Labute approximate surface area is 133 Å². The third kappa shape index (κ3) is 2.76. The summed E-state index contributed by atoms with van der Waals surface area (Å²) in [6.07, 6.45) is 8.36. The number of hydrogen-bond acceptors (Lipinski definition) is 4. The van der Waals surface area contributed by atoms with Gasteiger partial charge in [-0.3, -0.25) is 0 Å². The van der Waals surface area contributed by atoms with Crippen molar-refractivity contribution in [3.05, 3.63) is 48.3 Å². The zero-order valence-electron chi connectivity index (χ0n) is 12.7. The van der Waals surface area contributed by atoms with E-state index in [0.717, 1.165) is 22.5 Å². The summed E-state index contributed by atoms with van der Waals surface area (Å²) >= 11 is 0. The molecule has 2 heterocycles. The first-order chi connectivity index (χ1) is 11.3. The fraction of sp³-hybridized carbons (Fsp3) is 0.353. The second-order valence-corrected chi connectivity index (χ2v) is 5.96. The molecule has 118 valence electrons. The zero-order chi connectivity index (χ0) is 15.6. The maximum Gasteiger partial charge on any atom is 0.165 e. The number of halogens is 1. The molecule has 0 aliphatic heterocycles. The van der Waals surface area contributed by atoms with Crippen molar-refractivity contribution in [2.24, 2.45) is 0 Å². The Morgan fingerprint density at radius 3 is 2.65 bits per heavy atom. The van der Waals surface area contributed by atoms with Crippen LogP contribution in [0.25, 0.3) is 11.2 Å². The number of rotatable bonds is 4. The van der Waals surface area contributed by atoms with Gasteiger partial charge in [-0.1, -0.05) is 25.0 Å². The molecule has 1 aliphatic carbocycles. The highest BCUT2D eigenvalue weighted by Crippen LogP contribution is 2.32. The number of nitrogens with zero attached hydrogens (tertiary/aromatic N) is 4. The van der Waals surface area contributed by atoms with Crippen molar-refractivity contribution in [1.29, 1.82) is 0 Å². The van der Waals surface area contributed by atoms with Crippen molar-refractivity contribution < 1.29 is 4.39 Å². The third-order valence-corrected chi connectivity index (χ3v) is 4.45. The molecule has 5 nitrogen and oxygen atoms in total. The van der Waals surface area contributed by atoms with Gasteiger partial charge in [0.25, 0.3) is 0 Å². The van der Waals surface area contributed by atoms with Crippen LogP contribution in [0.5, 0.6) is 0 Å². The summed E-state index contributed by atoms with van der Waals surface area (Å²) in [5, 5.41) is 3.28. The predicted octanol–water partition coefficient (Wildman–Crippen LogP) is 3.69. The summed E-state index contributed by atoms with van der Waals surface area (Å²) in [6.45, 7) is 0.572. The number of imidazole rings is 1. The first kappa shape index (κ1) is 14.1. The fourth-order valence-electron chi connectivity index (χ4n) is 3.22. The number of hydrogen-bond donors (Lipinski definition) is 1. The average molecular weight is 311 g/mol. The van der Waals surface area contributed by atoms with E-state index in [1.807, 2.05) is 6.33 Å². The Bertz CT molecular complexity index is 805. The van der Waals surface area contributed by atoms with Gasteiger partial charge in [-0.05, 0) is 30.5 Å². The highest BCUT2D eigenvalue weighted by Gasteiger charge is 2.20. The molecule has 2 aromatic heterocycles. The van der Waals surface area contributed by atoms with Crippen LogP contribution in [0, 0.1) is 5.82 Å². The highest BCUT2D eigenvalue weighted by molar-refractivity contribution is 5.82. The molecule has 1 aliphatic rings. The highest BCUT2D eigenvalue weighted by atomic mass is 19.1. The normalized spacial score (nSPS) is 15.3. The van der Waals surface area contributed by atoms with Crippen LogP contribution >= 0.6 is 0 Å². The lowest BCUT2D eigenvalue weighted by atomic mass is 10.2. The molecule has 1 aromatic carbocycles. The SMILES string of the molecule is Fc1ccc(CNc2ncnc3c2ncn3C2CCCC2)cc1. The second-order valence-electron chi connectivity index (χ2n) is 5.96. The van der Waals surface area contributed by atoms with Crippen molar-refractivity contribution in [2.75, 3.05) is 5.32 Å². The number of anilines is 1. The van der Waals surface area contributed by atoms with E-state index in [1.165, 1.54) is 37.8 Å². The molecule has 1 N–H and O–H groups in total. The smallest absolute Gasteiger partial charge is 0.165 e. The van der Waals surface area contributed by atoms with Crippen LogP contribution in [0.2, 0.25) is 0 Å². The summed E-state index contributed by atoms with van der Waals surface area (Å²) in [5.41, 5.74) is 2.67. The summed E-state index contributed by atoms with van der Waals surface area (Å²) in [4.78, 5) is 13.2. The lowest BCUT2D eigenvalue weighted by Gasteiger charge is -2.11. The van der Waals surface area contributed by atoms with Crippen molar-refractivity contribution in [3.8, 4) is 0 Å². The van der Waals surface area contributed by atoms with E-state index in [9.17, 15) is 4.39 Å². The molecule has 6 heteroatoms. The van der Waals surface area contributed by atoms with E-state index in [1.54, 1.807) is 18.5 Å². The van der Waals surface area contributed by atoms with Gasteiger partial charge in [0.1, 0.15) is 17.7 Å². The quantitative estimate of drug-likeness (QED) is 0.798. The van der Waals surface area contributed by atoms with E-state index >= 15 is 0 Å². The summed E-state index contributed by atoms with van der Waals surface area (Å²) < 4.78 is 15.1. The van der Waals surface area contributed by atoms with Gasteiger partial charge in [0, 0.05) is 12.6 Å². The van der Waals surface area contributed by atoms with E-state index in [0.29, 0.717) is 12.6 Å². The minimum Gasteiger partial charge on any atom is -0.364 e. The average Bonchev–Trinajstić information content (AvgIpc) is 3.23. The molecule has 0 amide bonds. The van der Waals surface area contributed by atoms with Gasteiger partial charge >= 0.3 is 0 Å². The minimum absolute atomic E-state index is 0.228. The Hall–Kier alpha value is -2.50. The summed E-state index contributed by atoms with van der Waals surface area (Å²) in [5.74, 6) is 0.490. The Balaban J connectivity index is 1.58. The molecule has 0 unspecified atom stereocenters. The van der Waals surface area contributed by atoms with Gasteiger partial charge in [-0.2, -0.15) is 0 Å². The number of nitrogens with one attached hydrogen (secondary N) is 1. The molecule has 1 fully saturated rings. The van der Waals surface area contributed by atoms with E-state index in [-0.39, 0.29) is 5.82 Å².